The number of phenols is 1. The number of aromatic hydroxyl groups is 1. The van der Waals surface area contributed by atoms with E-state index in [0.717, 1.165) is 6.26 Å². The zero-order valence-electron chi connectivity index (χ0n) is 9.30. The predicted octanol–water partition coefficient (Wildman–Crippen LogP) is 0.0830. The Balaban J connectivity index is 3.03. The van der Waals surface area contributed by atoms with Crippen molar-refractivity contribution in [2.45, 2.75) is 11.3 Å². The second kappa shape index (κ2) is 5.15. The van der Waals surface area contributed by atoms with Gasteiger partial charge in [0, 0.05) is 19.2 Å². The average Bonchev–Trinajstić information content (AvgIpc) is 2.20. The molecule has 94 valence electrons. The molecule has 1 amide bonds. The van der Waals surface area contributed by atoms with Gasteiger partial charge in [-0.2, -0.15) is 0 Å². The van der Waals surface area contributed by atoms with Gasteiger partial charge >= 0.3 is 0 Å². The molecule has 0 bridgehead atoms. The van der Waals surface area contributed by atoms with Gasteiger partial charge in [0.1, 0.15) is 5.75 Å². The average molecular weight is 258 g/mol. The summed E-state index contributed by atoms with van der Waals surface area (Å²) in [6, 6.07) is 3.69. The third kappa shape index (κ3) is 3.72. The first kappa shape index (κ1) is 13.5. The summed E-state index contributed by atoms with van der Waals surface area (Å²) in [5.41, 5.74) is 5.26. The maximum Gasteiger partial charge on any atom is 0.225 e. The molecule has 0 aromatic heterocycles. The van der Waals surface area contributed by atoms with Crippen molar-refractivity contribution in [3.63, 3.8) is 0 Å². The fourth-order valence-electron chi connectivity index (χ4n) is 1.19. The third-order valence-electron chi connectivity index (χ3n) is 2.04. The number of rotatable bonds is 4. The number of anilines is 1. The SMILES string of the molecule is CS(=O)(=O)c1ccc(O)c(NC(=O)CCN)c1. The van der Waals surface area contributed by atoms with Gasteiger partial charge in [-0.3, -0.25) is 4.79 Å². The van der Waals surface area contributed by atoms with Crippen molar-refractivity contribution < 1.29 is 18.3 Å². The Morgan fingerprint density at radius 1 is 1.47 bits per heavy atom. The van der Waals surface area contributed by atoms with Crippen LogP contribution in [0, 0.1) is 0 Å². The number of carbonyl (C=O) groups is 1. The first-order valence-corrected chi connectivity index (χ1v) is 6.76. The molecule has 0 atom stereocenters. The fourth-order valence-corrected chi connectivity index (χ4v) is 1.84. The number of nitrogens with one attached hydrogen (secondary N) is 1. The van der Waals surface area contributed by atoms with Gasteiger partial charge in [-0.05, 0) is 18.2 Å². The lowest BCUT2D eigenvalue weighted by Crippen LogP contribution is -2.16. The molecule has 0 aliphatic rings. The first-order chi connectivity index (χ1) is 7.84. The molecule has 0 fully saturated rings. The van der Waals surface area contributed by atoms with Gasteiger partial charge < -0.3 is 16.2 Å². The molecular formula is C10H14N2O4S. The number of amides is 1. The Kier molecular flexibility index (Phi) is 4.08. The molecule has 17 heavy (non-hydrogen) atoms. The highest BCUT2D eigenvalue weighted by molar-refractivity contribution is 7.90. The Hall–Kier alpha value is -1.60. The molecule has 0 saturated heterocycles. The lowest BCUT2D eigenvalue weighted by Gasteiger charge is -2.08. The monoisotopic (exact) mass is 258 g/mol. The Morgan fingerprint density at radius 3 is 2.65 bits per heavy atom. The van der Waals surface area contributed by atoms with Crippen LogP contribution in [0.2, 0.25) is 0 Å². The highest BCUT2D eigenvalue weighted by Gasteiger charge is 2.12. The van der Waals surface area contributed by atoms with Crippen LogP contribution in [0.4, 0.5) is 5.69 Å². The minimum Gasteiger partial charge on any atom is -0.506 e. The summed E-state index contributed by atoms with van der Waals surface area (Å²) < 4.78 is 22.6. The van der Waals surface area contributed by atoms with Gasteiger partial charge in [-0.15, -0.1) is 0 Å². The molecule has 0 heterocycles. The van der Waals surface area contributed by atoms with Crippen LogP contribution in [0.3, 0.4) is 0 Å². The second-order valence-corrected chi connectivity index (χ2v) is 5.55. The molecule has 0 unspecified atom stereocenters. The summed E-state index contributed by atoms with van der Waals surface area (Å²) in [4.78, 5) is 11.3. The van der Waals surface area contributed by atoms with E-state index in [-0.39, 0.29) is 35.2 Å². The predicted molar refractivity (Wildman–Crippen MR) is 63.5 cm³/mol. The van der Waals surface area contributed by atoms with Gasteiger partial charge in [0.15, 0.2) is 9.84 Å². The topological polar surface area (TPSA) is 109 Å². The molecule has 0 radical (unpaired) electrons. The van der Waals surface area contributed by atoms with E-state index in [0.29, 0.717) is 0 Å². The van der Waals surface area contributed by atoms with E-state index < -0.39 is 9.84 Å². The van der Waals surface area contributed by atoms with E-state index in [1.807, 2.05) is 0 Å². The van der Waals surface area contributed by atoms with E-state index in [2.05, 4.69) is 5.32 Å². The molecule has 7 heteroatoms. The van der Waals surface area contributed by atoms with Crippen LogP contribution < -0.4 is 11.1 Å². The molecular weight excluding hydrogens is 244 g/mol. The van der Waals surface area contributed by atoms with E-state index in [4.69, 9.17) is 5.73 Å². The standard InChI is InChI=1S/C10H14N2O4S/c1-17(15,16)7-2-3-9(13)8(6-7)12-10(14)4-5-11/h2-3,6,13H,4-5,11H2,1H3,(H,12,14). The van der Waals surface area contributed by atoms with Gasteiger partial charge in [0.25, 0.3) is 0 Å². The summed E-state index contributed by atoms with van der Waals surface area (Å²) in [7, 11) is -3.38. The van der Waals surface area contributed by atoms with Crippen molar-refractivity contribution >= 4 is 21.4 Å². The maximum atomic E-state index is 11.3. The lowest BCUT2D eigenvalue weighted by molar-refractivity contribution is -0.116. The van der Waals surface area contributed by atoms with E-state index in [1.54, 1.807) is 0 Å². The highest BCUT2D eigenvalue weighted by Crippen LogP contribution is 2.26. The van der Waals surface area contributed by atoms with Crippen LogP contribution in [-0.2, 0) is 14.6 Å². The number of benzene rings is 1. The molecule has 0 aliphatic heterocycles. The largest absolute Gasteiger partial charge is 0.506 e. The van der Waals surface area contributed by atoms with Crippen molar-refractivity contribution in [3.05, 3.63) is 18.2 Å². The number of hydrogen-bond acceptors (Lipinski definition) is 5. The Morgan fingerprint density at radius 2 is 2.12 bits per heavy atom. The first-order valence-electron chi connectivity index (χ1n) is 4.87. The molecule has 1 aromatic rings. The minimum absolute atomic E-state index is 0.0262. The summed E-state index contributed by atoms with van der Waals surface area (Å²) in [6.45, 7) is 0.179. The molecule has 0 saturated carbocycles. The van der Waals surface area contributed by atoms with Crippen LogP contribution in [0.5, 0.6) is 5.75 Å². The number of sulfone groups is 1. The molecule has 1 rings (SSSR count). The van der Waals surface area contributed by atoms with Crippen molar-refractivity contribution in [1.29, 1.82) is 0 Å². The molecule has 6 nitrogen and oxygen atoms in total. The smallest absolute Gasteiger partial charge is 0.225 e. The normalized spacial score (nSPS) is 11.2. The second-order valence-electron chi connectivity index (χ2n) is 3.54. The summed E-state index contributed by atoms with van der Waals surface area (Å²) >= 11 is 0. The Labute approximate surface area is 99.4 Å². The molecule has 0 spiro atoms. The van der Waals surface area contributed by atoms with Gasteiger partial charge in [0.05, 0.1) is 10.6 Å². The van der Waals surface area contributed by atoms with Crippen molar-refractivity contribution in [2.75, 3.05) is 18.1 Å². The zero-order valence-corrected chi connectivity index (χ0v) is 10.1. The van der Waals surface area contributed by atoms with E-state index >= 15 is 0 Å². The quantitative estimate of drug-likeness (QED) is 0.663. The van der Waals surface area contributed by atoms with Crippen LogP contribution in [0.1, 0.15) is 6.42 Å². The third-order valence-corrected chi connectivity index (χ3v) is 3.15. The lowest BCUT2D eigenvalue weighted by atomic mass is 10.3. The van der Waals surface area contributed by atoms with Gasteiger partial charge in [0.2, 0.25) is 5.91 Å². The molecule has 0 aliphatic carbocycles. The van der Waals surface area contributed by atoms with Crippen molar-refractivity contribution in [3.8, 4) is 5.75 Å². The number of carbonyl (C=O) groups excluding carboxylic acids is 1. The number of nitrogens with two attached hydrogens (primary N) is 1. The summed E-state index contributed by atoms with van der Waals surface area (Å²) in [6.07, 6.45) is 1.15. The summed E-state index contributed by atoms with van der Waals surface area (Å²) in [5, 5.41) is 11.9. The van der Waals surface area contributed by atoms with E-state index in [9.17, 15) is 18.3 Å². The van der Waals surface area contributed by atoms with Crippen molar-refractivity contribution in [1.82, 2.24) is 0 Å². The van der Waals surface area contributed by atoms with Crippen LogP contribution in [0.25, 0.3) is 0 Å². The molecule has 1 aromatic carbocycles. The van der Waals surface area contributed by atoms with Crippen LogP contribution in [0.15, 0.2) is 23.1 Å². The highest BCUT2D eigenvalue weighted by atomic mass is 32.2. The zero-order chi connectivity index (χ0) is 13.1. The van der Waals surface area contributed by atoms with Crippen LogP contribution in [-0.4, -0.2) is 32.2 Å². The fraction of sp³-hybridized carbons (Fsp3) is 0.300. The minimum atomic E-state index is -3.38. The van der Waals surface area contributed by atoms with Gasteiger partial charge in [-0.1, -0.05) is 0 Å². The number of hydrogen-bond donors (Lipinski definition) is 3. The van der Waals surface area contributed by atoms with E-state index in [1.165, 1.54) is 18.2 Å². The maximum absolute atomic E-state index is 11.3. The van der Waals surface area contributed by atoms with Crippen molar-refractivity contribution in [2.24, 2.45) is 5.73 Å². The van der Waals surface area contributed by atoms with Crippen LogP contribution >= 0.6 is 0 Å². The summed E-state index contributed by atoms with van der Waals surface area (Å²) in [5.74, 6) is -0.573. The Bertz CT molecular complexity index is 525. The number of phenolic OH excluding ortho intramolecular Hbond substituents is 1. The van der Waals surface area contributed by atoms with Gasteiger partial charge in [-0.25, -0.2) is 8.42 Å². The molecule has 4 N–H and O–H groups in total.